The fraction of sp³-hybridized carbons (Fsp3) is 0.643. The molecular weight excluding hydrogens is 336 g/mol. The third kappa shape index (κ3) is 6.36. The van der Waals surface area contributed by atoms with Crippen molar-refractivity contribution in [1.82, 2.24) is 0 Å². The van der Waals surface area contributed by atoms with Gasteiger partial charge in [-0.25, -0.2) is 0 Å². The molecule has 0 heterocycles. The summed E-state index contributed by atoms with van der Waals surface area (Å²) in [6.45, 7) is 4.61. The minimum absolute atomic E-state index is 0.937. The maximum absolute atomic E-state index is 2.54. The van der Waals surface area contributed by atoms with E-state index in [4.69, 9.17) is 0 Å². The highest BCUT2D eigenvalue weighted by Crippen LogP contribution is 2.35. The van der Waals surface area contributed by atoms with Gasteiger partial charge in [-0.1, -0.05) is 102 Å². The first-order chi connectivity index (χ1) is 13.8. The van der Waals surface area contributed by atoms with Gasteiger partial charge in [0.25, 0.3) is 0 Å². The minimum Gasteiger partial charge on any atom is -0.0804 e. The fourth-order valence-electron chi connectivity index (χ4n) is 5.09. The van der Waals surface area contributed by atoms with E-state index in [1.165, 1.54) is 101 Å². The molecule has 0 bridgehead atoms. The van der Waals surface area contributed by atoms with Crippen molar-refractivity contribution in [1.29, 1.82) is 0 Å². The van der Waals surface area contributed by atoms with Gasteiger partial charge in [0.15, 0.2) is 0 Å². The number of hydrogen-bond acceptors (Lipinski definition) is 0. The molecule has 0 radical (unpaired) electrons. The Bertz CT molecular complexity index is 574. The second-order valence-corrected chi connectivity index (χ2v) is 9.31. The van der Waals surface area contributed by atoms with Crippen molar-refractivity contribution in [2.75, 3.05) is 0 Å². The normalized spacial score (nSPS) is 22.6. The Hall–Kier alpha value is -1.30. The summed E-state index contributed by atoms with van der Waals surface area (Å²) < 4.78 is 0. The van der Waals surface area contributed by atoms with E-state index in [0.717, 1.165) is 11.8 Å². The zero-order valence-corrected chi connectivity index (χ0v) is 18.5. The summed E-state index contributed by atoms with van der Waals surface area (Å²) in [5.74, 6) is 1.87. The third-order valence-corrected chi connectivity index (χ3v) is 7.10. The zero-order chi connectivity index (χ0) is 19.6. The van der Waals surface area contributed by atoms with Gasteiger partial charge in [-0.2, -0.15) is 0 Å². The SMILES string of the molecule is CCCCCC1CC=C(c2ccc(C3=CCC(CCCCC)CC3)cc2)CC1. The van der Waals surface area contributed by atoms with Gasteiger partial charge in [-0.3, -0.25) is 0 Å². The van der Waals surface area contributed by atoms with E-state index in [0.29, 0.717) is 0 Å². The van der Waals surface area contributed by atoms with Crippen LogP contribution in [0.4, 0.5) is 0 Å². The number of rotatable bonds is 10. The molecule has 3 rings (SSSR count). The molecule has 0 aromatic heterocycles. The number of hydrogen-bond donors (Lipinski definition) is 0. The maximum Gasteiger partial charge on any atom is -0.0227 e. The molecular formula is C28H42. The van der Waals surface area contributed by atoms with Crippen LogP contribution in [0.2, 0.25) is 0 Å². The van der Waals surface area contributed by atoms with Crippen LogP contribution < -0.4 is 0 Å². The van der Waals surface area contributed by atoms with Crippen molar-refractivity contribution in [3.05, 3.63) is 47.5 Å². The summed E-state index contributed by atoms with van der Waals surface area (Å²) in [4.78, 5) is 0. The van der Waals surface area contributed by atoms with Crippen LogP contribution in [0.15, 0.2) is 36.4 Å². The lowest BCUT2D eigenvalue weighted by Crippen LogP contribution is -2.06. The predicted octanol–water partition coefficient (Wildman–Crippen LogP) is 9.21. The van der Waals surface area contributed by atoms with E-state index < -0.39 is 0 Å². The molecule has 1 aromatic carbocycles. The largest absolute Gasteiger partial charge is 0.0804 e. The molecule has 0 aliphatic heterocycles. The molecule has 1 aromatic rings. The lowest BCUT2D eigenvalue weighted by molar-refractivity contribution is 0.428. The molecule has 2 aliphatic carbocycles. The highest BCUT2D eigenvalue weighted by Gasteiger charge is 2.17. The van der Waals surface area contributed by atoms with E-state index in [-0.39, 0.29) is 0 Å². The number of benzene rings is 1. The fourth-order valence-corrected chi connectivity index (χ4v) is 5.09. The molecule has 0 nitrogen and oxygen atoms in total. The molecule has 154 valence electrons. The Morgan fingerprint density at radius 1 is 0.643 bits per heavy atom. The van der Waals surface area contributed by atoms with Crippen LogP contribution in [-0.2, 0) is 0 Å². The van der Waals surface area contributed by atoms with Gasteiger partial charge in [0, 0.05) is 0 Å². The molecule has 0 heteroatoms. The molecule has 2 atom stereocenters. The van der Waals surface area contributed by atoms with E-state index in [9.17, 15) is 0 Å². The average molecular weight is 379 g/mol. The van der Waals surface area contributed by atoms with Gasteiger partial charge in [0.1, 0.15) is 0 Å². The van der Waals surface area contributed by atoms with Gasteiger partial charge in [-0.05, 0) is 72.6 Å². The Kier molecular flexibility index (Phi) is 8.90. The zero-order valence-electron chi connectivity index (χ0n) is 18.5. The van der Waals surface area contributed by atoms with Crippen LogP contribution in [0.3, 0.4) is 0 Å². The Morgan fingerprint density at radius 2 is 1.07 bits per heavy atom. The lowest BCUT2D eigenvalue weighted by atomic mass is 9.82. The molecule has 0 N–H and O–H groups in total. The molecule has 2 aliphatic rings. The molecule has 0 saturated carbocycles. The van der Waals surface area contributed by atoms with Crippen molar-refractivity contribution in [3.63, 3.8) is 0 Å². The van der Waals surface area contributed by atoms with Crippen molar-refractivity contribution in [3.8, 4) is 0 Å². The Balaban J connectivity index is 1.50. The first-order valence-electron chi connectivity index (χ1n) is 12.3. The summed E-state index contributed by atoms with van der Waals surface area (Å²) in [6, 6.07) is 9.53. The minimum atomic E-state index is 0.937. The van der Waals surface area contributed by atoms with Gasteiger partial charge < -0.3 is 0 Å². The summed E-state index contributed by atoms with van der Waals surface area (Å²) >= 11 is 0. The quantitative estimate of drug-likeness (QED) is 0.356. The average Bonchev–Trinajstić information content (AvgIpc) is 2.75. The van der Waals surface area contributed by atoms with Gasteiger partial charge in [0.05, 0.1) is 0 Å². The summed E-state index contributed by atoms with van der Waals surface area (Å²) in [7, 11) is 0. The van der Waals surface area contributed by atoms with E-state index in [1.54, 1.807) is 11.1 Å². The maximum atomic E-state index is 2.54. The molecule has 2 unspecified atom stereocenters. The third-order valence-electron chi connectivity index (χ3n) is 7.10. The van der Waals surface area contributed by atoms with Crippen LogP contribution in [0.25, 0.3) is 11.1 Å². The van der Waals surface area contributed by atoms with Crippen LogP contribution >= 0.6 is 0 Å². The van der Waals surface area contributed by atoms with E-state index in [2.05, 4.69) is 50.3 Å². The summed E-state index contributed by atoms with van der Waals surface area (Å²) in [5.41, 5.74) is 6.10. The van der Waals surface area contributed by atoms with Crippen molar-refractivity contribution >= 4 is 11.1 Å². The van der Waals surface area contributed by atoms with Crippen LogP contribution in [-0.4, -0.2) is 0 Å². The molecule has 0 spiro atoms. The number of unbranched alkanes of at least 4 members (excludes halogenated alkanes) is 4. The van der Waals surface area contributed by atoms with E-state index >= 15 is 0 Å². The molecule has 0 amide bonds. The summed E-state index contributed by atoms with van der Waals surface area (Å²) in [6.07, 6.45) is 24.2. The first-order valence-corrected chi connectivity index (χ1v) is 12.3. The monoisotopic (exact) mass is 378 g/mol. The van der Waals surface area contributed by atoms with Crippen LogP contribution in [0.1, 0.15) is 115 Å². The standard InChI is InChI=1S/C28H42/c1-3-5-7-9-23-11-15-25(16-12-23)27-19-21-28(22-20-27)26-17-13-24(14-18-26)10-8-6-4-2/h15,17,19-24H,3-14,16,18H2,1-2H3. The molecule has 0 fully saturated rings. The van der Waals surface area contributed by atoms with E-state index in [1.807, 2.05) is 0 Å². The Labute approximate surface area is 174 Å². The summed E-state index contributed by atoms with van der Waals surface area (Å²) in [5, 5.41) is 0. The topological polar surface area (TPSA) is 0 Å². The Morgan fingerprint density at radius 3 is 1.39 bits per heavy atom. The van der Waals surface area contributed by atoms with Crippen molar-refractivity contribution in [2.24, 2.45) is 11.8 Å². The molecule has 28 heavy (non-hydrogen) atoms. The van der Waals surface area contributed by atoms with Gasteiger partial charge in [-0.15, -0.1) is 0 Å². The first kappa shape index (κ1) is 21.4. The smallest absolute Gasteiger partial charge is 0.0227 e. The van der Waals surface area contributed by atoms with Crippen LogP contribution in [0, 0.1) is 11.8 Å². The number of allylic oxidation sites excluding steroid dienone is 4. The lowest BCUT2D eigenvalue weighted by Gasteiger charge is -2.23. The highest BCUT2D eigenvalue weighted by molar-refractivity contribution is 5.71. The molecule has 0 saturated heterocycles. The second kappa shape index (κ2) is 11.6. The van der Waals surface area contributed by atoms with Crippen molar-refractivity contribution in [2.45, 2.75) is 104 Å². The predicted molar refractivity (Wildman–Crippen MR) is 125 cm³/mol. The highest BCUT2D eigenvalue weighted by atomic mass is 14.2. The van der Waals surface area contributed by atoms with Crippen molar-refractivity contribution < 1.29 is 0 Å². The van der Waals surface area contributed by atoms with Gasteiger partial charge in [0.2, 0.25) is 0 Å². The van der Waals surface area contributed by atoms with Gasteiger partial charge >= 0.3 is 0 Å². The van der Waals surface area contributed by atoms with Crippen LogP contribution in [0.5, 0.6) is 0 Å². The second-order valence-electron chi connectivity index (χ2n) is 9.31.